The Morgan fingerprint density at radius 3 is 2.50 bits per heavy atom. The van der Waals surface area contributed by atoms with Gasteiger partial charge in [-0.2, -0.15) is 0 Å². The number of halogens is 3. The molecule has 2 aromatic carbocycles. The van der Waals surface area contributed by atoms with E-state index in [2.05, 4.69) is 10.3 Å². The first-order valence-electron chi connectivity index (χ1n) is 8.69. The number of hydrogen-bond acceptors (Lipinski definition) is 5. The van der Waals surface area contributed by atoms with Crippen LogP contribution in [0.4, 0.5) is 18.9 Å². The first-order chi connectivity index (χ1) is 13.4. The first kappa shape index (κ1) is 19.8. The molecule has 0 aliphatic carbocycles. The monoisotopic (exact) mass is 391 g/mol. The number of aryl methyl sites for hydroxylation is 1. The number of nitrogens with one attached hydrogen (secondary N) is 1. The normalized spacial score (nSPS) is 16.5. The van der Waals surface area contributed by atoms with Crippen LogP contribution in [0.5, 0.6) is 0 Å². The van der Waals surface area contributed by atoms with E-state index in [9.17, 15) is 18.3 Å². The number of aliphatic hydroxyl groups excluding tert-OH is 1. The van der Waals surface area contributed by atoms with E-state index in [1.54, 1.807) is 0 Å². The van der Waals surface area contributed by atoms with Crippen molar-refractivity contribution < 1.29 is 23.0 Å². The molecule has 0 radical (unpaired) electrons. The zero-order valence-corrected chi connectivity index (χ0v) is 15.4. The van der Waals surface area contributed by atoms with Gasteiger partial charge in [0.15, 0.2) is 23.2 Å². The summed E-state index contributed by atoms with van der Waals surface area (Å²) in [4.78, 5) is 5.71. The van der Waals surface area contributed by atoms with Crippen LogP contribution in [0.15, 0.2) is 53.3 Å². The number of hydrogen-bond donors (Lipinski definition) is 2. The van der Waals surface area contributed by atoms with E-state index in [1.165, 1.54) is 18.2 Å². The van der Waals surface area contributed by atoms with Gasteiger partial charge in [-0.15, -0.1) is 0 Å². The predicted octanol–water partition coefficient (Wildman–Crippen LogP) is 3.76. The standard InChI is InChI=1S/C20H20F3N3O2/c1-3-13-6-4-5-7-16(13)24-20-25-19(27)17(28-2)11-26(20)10-12-8-14(21)18(23)15(22)9-12/h4-9,11,19,27H,3,10H2,1-2H3,(H,24,25). The van der Waals surface area contributed by atoms with Crippen molar-refractivity contribution in [1.82, 2.24) is 4.90 Å². The molecule has 0 saturated heterocycles. The zero-order chi connectivity index (χ0) is 20.3. The lowest BCUT2D eigenvalue weighted by molar-refractivity contribution is 0.124. The lowest BCUT2D eigenvalue weighted by Gasteiger charge is -2.29. The molecule has 2 aromatic rings. The van der Waals surface area contributed by atoms with Crippen LogP contribution in [0.1, 0.15) is 18.1 Å². The van der Waals surface area contributed by atoms with E-state index < -0.39 is 23.7 Å². The third-order valence-electron chi connectivity index (χ3n) is 4.33. The van der Waals surface area contributed by atoms with Gasteiger partial charge in [0, 0.05) is 11.9 Å². The van der Waals surface area contributed by atoms with Crippen molar-refractivity contribution in [1.29, 1.82) is 0 Å². The molecule has 0 fully saturated rings. The molecule has 5 nitrogen and oxygen atoms in total. The Morgan fingerprint density at radius 1 is 1.18 bits per heavy atom. The van der Waals surface area contributed by atoms with E-state index in [0.717, 1.165) is 29.8 Å². The smallest absolute Gasteiger partial charge is 0.208 e. The van der Waals surface area contributed by atoms with Gasteiger partial charge in [-0.25, -0.2) is 18.2 Å². The van der Waals surface area contributed by atoms with Crippen LogP contribution in [0, 0.1) is 17.5 Å². The lowest BCUT2D eigenvalue weighted by atomic mass is 10.1. The fourth-order valence-electron chi connectivity index (χ4n) is 2.88. The molecule has 0 bridgehead atoms. The number of guanidine groups is 1. The molecule has 1 atom stereocenters. The van der Waals surface area contributed by atoms with Crippen molar-refractivity contribution in [3.63, 3.8) is 0 Å². The topological polar surface area (TPSA) is 57.1 Å². The Morgan fingerprint density at radius 2 is 1.86 bits per heavy atom. The molecule has 0 saturated carbocycles. The molecule has 28 heavy (non-hydrogen) atoms. The number of ether oxygens (including phenoxy) is 1. The molecule has 3 rings (SSSR count). The van der Waals surface area contributed by atoms with Crippen molar-refractivity contribution in [3.8, 4) is 0 Å². The number of methoxy groups -OCH3 is 1. The van der Waals surface area contributed by atoms with Gasteiger partial charge in [0.25, 0.3) is 0 Å². The minimum atomic E-state index is -1.52. The number of para-hydroxylation sites is 1. The summed E-state index contributed by atoms with van der Waals surface area (Å²) in [5.41, 5.74) is 2.00. The second-order valence-electron chi connectivity index (χ2n) is 6.20. The summed E-state index contributed by atoms with van der Waals surface area (Å²) in [6.45, 7) is 1.98. The van der Waals surface area contributed by atoms with Crippen molar-refractivity contribution >= 4 is 11.6 Å². The molecule has 1 unspecified atom stereocenters. The highest BCUT2D eigenvalue weighted by molar-refractivity contribution is 5.95. The molecule has 0 aromatic heterocycles. The summed E-state index contributed by atoms with van der Waals surface area (Å²) < 4.78 is 45.5. The third-order valence-corrected chi connectivity index (χ3v) is 4.33. The Labute approximate surface area is 160 Å². The van der Waals surface area contributed by atoms with E-state index in [1.807, 2.05) is 31.2 Å². The van der Waals surface area contributed by atoms with Gasteiger partial charge in [-0.3, -0.25) is 0 Å². The summed E-state index contributed by atoms with van der Waals surface area (Å²) in [6, 6.07) is 9.41. The van der Waals surface area contributed by atoms with Crippen molar-refractivity contribution in [2.75, 3.05) is 12.4 Å². The maximum absolute atomic E-state index is 13.6. The summed E-state index contributed by atoms with van der Waals surface area (Å²) in [6.07, 6.45) is 1.03. The van der Waals surface area contributed by atoms with Gasteiger partial charge in [0.1, 0.15) is 0 Å². The molecule has 0 spiro atoms. The van der Waals surface area contributed by atoms with Gasteiger partial charge in [0.2, 0.25) is 12.2 Å². The largest absolute Gasteiger partial charge is 0.495 e. The highest BCUT2D eigenvalue weighted by atomic mass is 19.2. The van der Waals surface area contributed by atoms with Crippen molar-refractivity contribution in [2.24, 2.45) is 4.99 Å². The quantitative estimate of drug-likeness (QED) is 0.763. The fourth-order valence-corrected chi connectivity index (χ4v) is 2.88. The number of anilines is 1. The molecule has 1 aliphatic rings. The molecule has 148 valence electrons. The van der Waals surface area contributed by atoms with E-state index in [0.29, 0.717) is 0 Å². The highest BCUT2D eigenvalue weighted by Gasteiger charge is 2.24. The number of aliphatic hydroxyl groups is 1. The van der Waals surface area contributed by atoms with E-state index in [-0.39, 0.29) is 23.8 Å². The van der Waals surface area contributed by atoms with Crippen molar-refractivity contribution in [2.45, 2.75) is 26.1 Å². The lowest BCUT2D eigenvalue weighted by Crippen LogP contribution is -2.38. The van der Waals surface area contributed by atoms with Crippen LogP contribution in [-0.4, -0.2) is 29.3 Å². The summed E-state index contributed by atoms with van der Waals surface area (Å²) in [7, 11) is 1.38. The Bertz CT molecular complexity index is 908. The van der Waals surface area contributed by atoms with Crippen LogP contribution in [0.3, 0.4) is 0 Å². The van der Waals surface area contributed by atoms with Crippen LogP contribution in [0.25, 0.3) is 0 Å². The number of nitrogens with zero attached hydrogens (tertiary/aromatic N) is 2. The van der Waals surface area contributed by atoms with E-state index in [4.69, 9.17) is 4.74 Å². The van der Waals surface area contributed by atoms with Crippen LogP contribution in [-0.2, 0) is 17.7 Å². The Hall–Kier alpha value is -3.00. The summed E-state index contributed by atoms with van der Waals surface area (Å²) in [5, 5.41) is 13.3. The molecule has 0 amide bonds. The molecule has 2 N–H and O–H groups in total. The zero-order valence-electron chi connectivity index (χ0n) is 15.4. The maximum atomic E-state index is 13.6. The van der Waals surface area contributed by atoms with Gasteiger partial charge < -0.3 is 20.1 Å². The Kier molecular flexibility index (Phi) is 5.89. The predicted molar refractivity (Wildman–Crippen MR) is 99.8 cm³/mol. The van der Waals surface area contributed by atoms with Crippen LogP contribution in [0.2, 0.25) is 0 Å². The number of rotatable bonds is 5. The van der Waals surface area contributed by atoms with Gasteiger partial charge in [0.05, 0.1) is 13.7 Å². The molecule has 8 heteroatoms. The second-order valence-corrected chi connectivity index (χ2v) is 6.20. The molecular formula is C20H20F3N3O2. The summed E-state index contributed by atoms with van der Waals surface area (Å²) >= 11 is 0. The SMILES string of the molecule is CCc1ccccc1NC1=NC(O)C(OC)=CN1Cc1cc(F)c(F)c(F)c1. The first-order valence-corrected chi connectivity index (χ1v) is 8.69. The van der Waals surface area contributed by atoms with Gasteiger partial charge in [-0.1, -0.05) is 25.1 Å². The average molecular weight is 391 g/mol. The third kappa shape index (κ3) is 4.12. The maximum Gasteiger partial charge on any atom is 0.208 e. The fraction of sp³-hybridized carbons (Fsp3) is 0.250. The highest BCUT2D eigenvalue weighted by Crippen LogP contribution is 2.22. The van der Waals surface area contributed by atoms with E-state index >= 15 is 0 Å². The molecular weight excluding hydrogens is 371 g/mol. The van der Waals surface area contributed by atoms with Gasteiger partial charge in [-0.05, 0) is 35.7 Å². The minimum absolute atomic E-state index is 0.0200. The molecule has 1 aliphatic heterocycles. The molecule has 1 heterocycles. The van der Waals surface area contributed by atoms with Crippen LogP contribution >= 0.6 is 0 Å². The van der Waals surface area contributed by atoms with Crippen molar-refractivity contribution in [3.05, 3.63) is 76.9 Å². The van der Waals surface area contributed by atoms with Crippen LogP contribution < -0.4 is 5.32 Å². The summed E-state index contributed by atoms with van der Waals surface area (Å²) in [5.74, 6) is -3.64. The minimum Gasteiger partial charge on any atom is -0.495 e. The van der Waals surface area contributed by atoms with Gasteiger partial charge >= 0.3 is 0 Å². The average Bonchev–Trinajstić information content (AvgIpc) is 2.68. The Balaban J connectivity index is 1.93. The second kappa shape index (κ2) is 8.35. The number of benzene rings is 2. The number of aliphatic imine (C=N–C) groups is 1.